The van der Waals surface area contributed by atoms with Gasteiger partial charge in [-0.25, -0.2) is 0 Å². The standard InChI is InChI=1S/C15H17BrClNO/c1-2-9-18(12-5-3-4-6-12)15(19)13-10-11(16)7-8-14(13)17/h2,7-8,10,12H,1,3-6,9H2. The quantitative estimate of drug-likeness (QED) is 0.728. The molecular formula is C15H17BrClNO. The lowest BCUT2D eigenvalue weighted by molar-refractivity contribution is 0.0706. The zero-order valence-electron chi connectivity index (χ0n) is 10.7. The van der Waals surface area contributed by atoms with E-state index in [9.17, 15) is 4.79 Å². The SMILES string of the molecule is C=CCN(C(=O)c1cc(Br)ccc1Cl)C1CCCC1. The minimum atomic E-state index is -0.00176. The van der Waals surface area contributed by atoms with Crippen LogP contribution in [-0.4, -0.2) is 23.4 Å². The van der Waals surface area contributed by atoms with Gasteiger partial charge in [-0.3, -0.25) is 4.79 Å². The van der Waals surface area contributed by atoms with Crippen LogP contribution in [0.1, 0.15) is 36.0 Å². The summed E-state index contributed by atoms with van der Waals surface area (Å²) in [7, 11) is 0. The Balaban J connectivity index is 2.27. The molecule has 1 aliphatic carbocycles. The Hall–Kier alpha value is -0.800. The molecule has 2 nitrogen and oxygen atoms in total. The lowest BCUT2D eigenvalue weighted by atomic mass is 10.1. The van der Waals surface area contributed by atoms with Crippen molar-refractivity contribution >= 4 is 33.4 Å². The van der Waals surface area contributed by atoms with E-state index in [-0.39, 0.29) is 5.91 Å². The number of carbonyl (C=O) groups is 1. The first-order valence-electron chi connectivity index (χ1n) is 6.50. The molecule has 0 aliphatic heterocycles. The highest BCUT2D eigenvalue weighted by molar-refractivity contribution is 9.10. The Bertz CT molecular complexity index is 483. The number of halogens is 2. The number of rotatable bonds is 4. The molecule has 0 aromatic heterocycles. The fourth-order valence-corrected chi connectivity index (χ4v) is 3.13. The molecule has 0 saturated heterocycles. The van der Waals surface area contributed by atoms with Crippen molar-refractivity contribution in [3.8, 4) is 0 Å². The van der Waals surface area contributed by atoms with E-state index in [1.807, 2.05) is 11.0 Å². The normalized spacial score (nSPS) is 15.5. The van der Waals surface area contributed by atoms with Crippen LogP contribution in [0.5, 0.6) is 0 Å². The molecule has 1 amide bonds. The van der Waals surface area contributed by atoms with E-state index < -0.39 is 0 Å². The number of hydrogen-bond donors (Lipinski definition) is 0. The number of hydrogen-bond acceptors (Lipinski definition) is 1. The summed E-state index contributed by atoms with van der Waals surface area (Å²) in [5.41, 5.74) is 0.560. The van der Waals surface area contributed by atoms with Gasteiger partial charge < -0.3 is 4.90 Å². The predicted octanol–water partition coefficient (Wildman–Crippen LogP) is 4.67. The minimum Gasteiger partial charge on any atom is -0.332 e. The molecule has 1 aromatic rings. The maximum atomic E-state index is 12.7. The number of carbonyl (C=O) groups excluding carboxylic acids is 1. The molecule has 0 heterocycles. The monoisotopic (exact) mass is 341 g/mol. The highest BCUT2D eigenvalue weighted by Gasteiger charge is 2.27. The van der Waals surface area contributed by atoms with Crippen LogP contribution >= 0.6 is 27.5 Å². The molecule has 0 unspecified atom stereocenters. The summed E-state index contributed by atoms with van der Waals surface area (Å²) in [5.74, 6) is -0.00176. The van der Waals surface area contributed by atoms with Gasteiger partial charge in [0.2, 0.25) is 0 Å². The van der Waals surface area contributed by atoms with Gasteiger partial charge in [0, 0.05) is 17.1 Å². The van der Waals surface area contributed by atoms with E-state index in [2.05, 4.69) is 22.5 Å². The first kappa shape index (κ1) is 14.6. The first-order valence-corrected chi connectivity index (χ1v) is 7.67. The van der Waals surface area contributed by atoms with Crippen LogP contribution in [0, 0.1) is 0 Å². The summed E-state index contributed by atoms with van der Waals surface area (Å²) in [5, 5.41) is 0.500. The number of amides is 1. The molecule has 1 aromatic carbocycles. The molecule has 19 heavy (non-hydrogen) atoms. The van der Waals surface area contributed by atoms with Crippen LogP contribution in [0.25, 0.3) is 0 Å². The smallest absolute Gasteiger partial charge is 0.255 e. The van der Waals surface area contributed by atoms with E-state index in [4.69, 9.17) is 11.6 Å². The summed E-state index contributed by atoms with van der Waals surface area (Å²) >= 11 is 9.53. The van der Waals surface area contributed by atoms with Crippen LogP contribution in [0.4, 0.5) is 0 Å². The molecule has 1 saturated carbocycles. The Labute approximate surface area is 127 Å². The summed E-state index contributed by atoms with van der Waals surface area (Å²) < 4.78 is 0.866. The van der Waals surface area contributed by atoms with E-state index in [1.54, 1.807) is 18.2 Å². The molecule has 0 radical (unpaired) electrons. The predicted molar refractivity (Wildman–Crippen MR) is 82.6 cm³/mol. The second-order valence-corrected chi connectivity index (χ2v) is 6.13. The average molecular weight is 343 g/mol. The molecule has 0 bridgehead atoms. The van der Waals surface area contributed by atoms with Crippen LogP contribution < -0.4 is 0 Å². The Kier molecular flexibility index (Phi) is 5.06. The Morgan fingerprint density at radius 3 is 2.79 bits per heavy atom. The van der Waals surface area contributed by atoms with Gasteiger partial charge in [-0.2, -0.15) is 0 Å². The van der Waals surface area contributed by atoms with Crippen LogP contribution in [-0.2, 0) is 0 Å². The van der Waals surface area contributed by atoms with Gasteiger partial charge >= 0.3 is 0 Å². The maximum Gasteiger partial charge on any atom is 0.255 e. The van der Waals surface area contributed by atoms with Gasteiger partial charge in [-0.1, -0.05) is 46.4 Å². The van der Waals surface area contributed by atoms with Crippen LogP contribution in [0.3, 0.4) is 0 Å². The Morgan fingerprint density at radius 1 is 1.47 bits per heavy atom. The van der Waals surface area contributed by atoms with E-state index >= 15 is 0 Å². The third kappa shape index (κ3) is 3.40. The van der Waals surface area contributed by atoms with Gasteiger partial charge in [0.15, 0.2) is 0 Å². The molecule has 1 aliphatic rings. The molecule has 1 fully saturated rings. The van der Waals surface area contributed by atoms with Crippen molar-refractivity contribution in [1.82, 2.24) is 4.90 Å². The summed E-state index contributed by atoms with van der Waals surface area (Å²) in [6.07, 6.45) is 6.31. The van der Waals surface area contributed by atoms with E-state index in [0.717, 1.165) is 17.3 Å². The highest BCUT2D eigenvalue weighted by Crippen LogP contribution is 2.28. The first-order chi connectivity index (χ1) is 9.13. The van der Waals surface area contributed by atoms with Crippen molar-refractivity contribution < 1.29 is 4.79 Å². The largest absolute Gasteiger partial charge is 0.332 e. The second kappa shape index (κ2) is 6.58. The zero-order valence-corrected chi connectivity index (χ0v) is 13.1. The topological polar surface area (TPSA) is 20.3 Å². The van der Waals surface area contributed by atoms with Gasteiger partial charge in [0.05, 0.1) is 10.6 Å². The fourth-order valence-electron chi connectivity index (χ4n) is 2.57. The van der Waals surface area contributed by atoms with Crippen molar-refractivity contribution in [2.24, 2.45) is 0 Å². The zero-order chi connectivity index (χ0) is 13.8. The van der Waals surface area contributed by atoms with Crippen molar-refractivity contribution in [3.63, 3.8) is 0 Å². The molecule has 0 N–H and O–H groups in total. The second-order valence-electron chi connectivity index (χ2n) is 4.81. The van der Waals surface area contributed by atoms with Crippen LogP contribution in [0.15, 0.2) is 35.3 Å². The molecule has 0 atom stereocenters. The molecule has 2 rings (SSSR count). The van der Waals surface area contributed by atoms with Crippen LogP contribution in [0.2, 0.25) is 5.02 Å². The van der Waals surface area contributed by atoms with Crippen molar-refractivity contribution in [1.29, 1.82) is 0 Å². The molecular weight excluding hydrogens is 326 g/mol. The summed E-state index contributed by atoms with van der Waals surface area (Å²) in [6, 6.07) is 5.70. The number of benzene rings is 1. The van der Waals surface area contributed by atoms with Crippen molar-refractivity contribution in [2.45, 2.75) is 31.7 Å². The molecule has 4 heteroatoms. The molecule has 102 valence electrons. The summed E-state index contributed by atoms with van der Waals surface area (Å²) in [4.78, 5) is 14.6. The van der Waals surface area contributed by atoms with Gasteiger partial charge in [0.1, 0.15) is 0 Å². The summed E-state index contributed by atoms with van der Waals surface area (Å²) in [6.45, 7) is 4.33. The van der Waals surface area contributed by atoms with Gasteiger partial charge in [-0.05, 0) is 31.0 Å². The minimum absolute atomic E-state index is 0.00176. The molecule has 0 spiro atoms. The fraction of sp³-hybridized carbons (Fsp3) is 0.400. The van der Waals surface area contributed by atoms with E-state index in [0.29, 0.717) is 23.2 Å². The maximum absolute atomic E-state index is 12.7. The third-order valence-electron chi connectivity index (χ3n) is 3.51. The van der Waals surface area contributed by atoms with Gasteiger partial charge in [-0.15, -0.1) is 6.58 Å². The number of nitrogens with zero attached hydrogens (tertiary/aromatic N) is 1. The van der Waals surface area contributed by atoms with Crippen molar-refractivity contribution in [3.05, 3.63) is 45.9 Å². The van der Waals surface area contributed by atoms with Crippen molar-refractivity contribution in [2.75, 3.05) is 6.54 Å². The lowest BCUT2D eigenvalue weighted by Crippen LogP contribution is -2.39. The van der Waals surface area contributed by atoms with Gasteiger partial charge in [0.25, 0.3) is 5.91 Å². The third-order valence-corrected chi connectivity index (χ3v) is 4.33. The average Bonchev–Trinajstić information content (AvgIpc) is 2.92. The highest BCUT2D eigenvalue weighted by atomic mass is 79.9. The Morgan fingerprint density at radius 2 is 2.16 bits per heavy atom. The van der Waals surface area contributed by atoms with E-state index in [1.165, 1.54) is 12.8 Å². The lowest BCUT2D eigenvalue weighted by Gasteiger charge is -2.28.